The molecule has 4 nitrogen and oxygen atoms in total. The van der Waals surface area contributed by atoms with E-state index in [0.29, 0.717) is 24.7 Å². The van der Waals surface area contributed by atoms with Crippen LogP contribution in [0.15, 0.2) is 47.1 Å². The summed E-state index contributed by atoms with van der Waals surface area (Å²) in [5, 5.41) is 0. The number of ketones is 1. The number of piperidine rings is 1. The lowest BCUT2D eigenvalue weighted by molar-refractivity contribution is -0.127. The average Bonchev–Trinajstić information content (AvgIpc) is 2.84. The van der Waals surface area contributed by atoms with Crippen molar-refractivity contribution in [2.45, 2.75) is 43.8 Å². The number of carbonyl (C=O) groups excluding carboxylic acids is 1. The minimum Gasteiger partial charge on any atom is -0.497 e. The van der Waals surface area contributed by atoms with Gasteiger partial charge >= 0.3 is 0 Å². The van der Waals surface area contributed by atoms with E-state index in [2.05, 4.69) is 44.0 Å². The number of rotatable bonds is 4. The zero-order valence-corrected chi connectivity index (χ0v) is 15.8. The van der Waals surface area contributed by atoms with Gasteiger partial charge in [0.25, 0.3) is 0 Å². The molecule has 2 unspecified atom stereocenters. The van der Waals surface area contributed by atoms with Gasteiger partial charge in [-0.2, -0.15) is 0 Å². The molecular formula is C20H21BrN2O2. The van der Waals surface area contributed by atoms with Crippen molar-refractivity contribution < 1.29 is 9.53 Å². The molecule has 1 aromatic heterocycles. The van der Waals surface area contributed by atoms with Crippen LogP contribution < -0.4 is 4.74 Å². The minimum absolute atomic E-state index is 0.263. The highest BCUT2D eigenvalue weighted by molar-refractivity contribution is 9.10. The van der Waals surface area contributed by atoms with Gasteiger partial charge < -0.3 is 4.74 Å². The Hall–Kier alpha value is -1.72. The number of aromatic nitrogens is 1. The average molecular weight is 401 g/mol. The fourth-order valence-electron chi connectivity index (χ4n) is 4.34. The van der Waals surface area contributed by atoms with Crippen LogP contribution in [0, 0.1) is 0 Å². The highest BCUT2D eigenvalue weighted by Crippen LogP contribution is 2.49. The number of hydrogen-bond donors (Lipinski definition) is 0. The molecule has 0 radical (unpaired) electrons. The van der Waals surface area contributed by atoms with Crippen molar-refractivity contribution in [3.05, 3.63) is 58.3 Å². The van der Waals surface area contributed by atoms with Crippen molar-refractivity contribution in [1.82, 2.24) is 9.88 Å². The Morgan fingerprint density at radius 1 is 1.28 bits per heavy atom. The Morgan fingerprint density at radius 2 is 2.08 bits per heavy atom. The highest BCUT2D eigenvalue weighted by Gasteiger charge is 2.53. The SMILES string of the molecule is COc1ccc(CN2C3CCC2(c2ccc(Br)cn2)CC(=O)C3)cc1. The number of pyridine rings is 1. The first-order valence-corrected chi connectivity index (χ1v) is 9.43. The first-order valence-electron chi connectivity index (χ1n) is 8.64. The second kappa shape index (κ2) is 6.54. The van der Waals surface area contributed by atoms with Crippen LogP contribution in [0.25, 0.3) is 0 Å². The van der Waals surface area contributed by atoms with Gasteiger partial charge in [0.1, 0.15) is 11.5 Å². The van der Waals surface area contributed by atoms with Crippen LogP contribution >= 0.6 is 15.9 Å². The van der Waals surface area contributed by atoms with Gasteiger partial charge in [-0.25, -0.2) is 0 Å². The molecule has 2 aromatic rings. The monoisotopic (exact) mass is 400 g/mol. The summed E-state index contributed by atoms with van der Waals surface area (Å²) >= 11 is 3.46. The fraction of sp³-hybridized carbons (Fsp3) is 0.400. The first-order chi connectivity index (χ1) is 12.1. The molecule has 2 aliphatic heterocycles. The topological polar surface area (TPSA) is 42.4 Å². The van der Waals surface area contributed by atoms with Crippen molar-refractivity contribution in [3.8, 4) is 5.75 Å². The number of benzene rings is 1. The van der Waals surface area contributed by atoms with Crippen LogP contribution in [0.1, 0.15) is 36.9 Å². The van der Waals surface area contributed by atoms with Gasteiger partial charge in [0.05, 0.1) is 18.3 Å². The largest absolute Gasteiger partial charge is 0.497 e. The Labute approximate surface area is 156 Å². The smallest absolute Gasteiger partial charge is 0.136 e. The molecule has 0 saturated carbocycles. The maximum Gasteiger partial charge on any atom is 0.136 e. The second-order valence-electron chi connectivity index (χ2n) is 6.98. The van der Waals surface area contributed by atoms with E-state index in [4.69, 9.17) is 4.74 Å². The minimum atomic E-state index is -0.263. The highest BCUT2D eigenvalue weighted by atomic mass is 79.9. The zero-order chi connectivity index (χ0) is 17.4. The van der Waals surface area contributed by atoms with Crippen LogP contribution in [0.2, 0.25) is 0 Å². The van der Waals surface area contributed by atoms with Crippen molar-refractivity contribution in [3.63, 3.8) is 0 Å². The summed E-state index contributed by atoms with van der Waals surface area (Å²) in [5.41, 5.74) is 1.99. The van der Waals surface area contributed by atoms with Gasteiger partial charge in [-0.1, -0.05) is 12.1 Å². The Balaban J connectivity index is 1.68. The number of halogens is 1. The Kier molecular flexibility index (Phi) is 4.38. The van der Waals surface area contributed by atoms with E-state index in [9.17, 15) is 4.79 Å². The van der Waals surface area contributed by atoms with E-state index in [-0.39, 0.29) is 5.54 Å². The summed E-state index contributed by atoms with van der Waals surface area (Å²) < 4.78 is 6.22. The van der Waals surface area contributed by atoms with Crippen molar-refractivity contribution in [1.29, 1.82) is 0 Å². The summed E-state index contributed by atoms with van der Waals surface area (Å²) in [4.78, 5) is 19.5. The molecule has 2 atom stereocenters. The third-order valence-corrected chi connectivity index (χ3v) is 6.02. The molecule has 5 heteroatoms. The van der Waals surface area contributed by atoms with Gasteiger partial charge in [-0.3, -0.25) is 14.7 Å². The van der Waals surface area contributed by atoms with Crippen LogP contribution in [0.3, 0.4) is 0 Å². The summed E-state index contributed by atoms with van der Waals surface area (Å²) in [5.74, 6) is 1.23. The lowest BCUT2D eigenvalue weighted by Gasteiger charge is -2.44. The molecule has 130 valence electrons. The standard InChI is InChI=1S/C20H21BrN2O2/c1-25-18-5-2-14(3-6-18)13-23-16-8-9-20(23,11-17(24)10-16)19-7-4-15(21)12-22-19/h2-7,12,16H,8-11,13H2,1H3. The van der Waals surface area contributed by atoms with Crippen LogP contribution in [-0.2, 0) is 16.9 Å². The number of ether oxygens (including phenoxy) is 1. The lowest BCUT2D eigenvalue weighted by atomic mass is 9.83. The quantitative estimate of drug-likeness (QED) is 0.775. The fourth-order valence-corrected chi connectivity index (χ4v) is 4.58. The Morgan fingerprint density at radius 3 is 2.76 bits per heavy atom. The molecule has 2 fully saturated rings. The molecule has 0 aliphatic carbocycles. The summed E-state index contributed by atoms with van der Waals surface area (Å²) in [6.45, 7) is 0.833. The van der Waals surface area contributed by atoms with Crippen LogP contribution in [0.4, 0.5) is 0 Å². The molecule has 2 saturated heterocycles. The molecule has 1 aromatic carbocycles. The number of nitrogens with zero attached hydrogens (tertiary/aromatic N) is 2. The van der Waals surface area contributed by atoms with Gasteiger partial charge in [0.2, 0.25) is 0 Å². The third-order valence-electron chi connectivity index (χ3n) is 5.55. The molecule has 0 amide bonds. The molecule has 0 spiro atoms. The molecule has 25 heavy (non-hydrogen) atoms. The van der Waals surface area contributed by atoms with Crippen molar-refractivity contribution in [2.75, 3.05) is 7.11 Å². The van der Waals surface area contributed by atoms with Crippen molar-refractivity contribution >= 4 is 21.7 Å². The lowest BCUT2D eigenvalue weighted by Crippen LogP contribution is -2.50. The molecular weight excluding hydrogens is 380 g/mol. The van der Waals surface area contributed by atoms with E-state index in [1.165, 1.54) is 5.56 Å². The second-order valence-corrected chi connectivity index (χ2v) is 7.90. The zero-order valence-electron chi connectivity index (χ0n) is 14.2. The number of fused-ring (bicyclic) bond motifs is 2. The maximum absolute atomic E-state index is 12.4. The van der Waals surface area contributed by atoms with Crippen LogP contribution in [-0.4, -0.2) is 28.8 Å². The van der Waals surface area contributed by atoms with E-state index in [1.54, 1.807) is 7.11 Å². The van der Waals surface area contributed by atoms with E-state index >= 15 is 0 Å². The van der Waals surface area contributed by atoms with Crippen LogP contribution in [0.5, 0.6) is 5.75 Å². The van der Waals surface area contributed by atoms with Gasteiger partial charge in [-0.05, 0) is 58.6 Å². The van der Waals surface area contributed by atoms with Gasteiger partial charge in [-0.15, -0.1) is 0 Å². The van der Waals surface area contributed by atoms with Gasteiger partial charge in [0.15, 0.2) is 0 Å². The summed E-state index contributed by atoms with van der Waals surface area (Å²) in [6.07, 6.45) is 5.11. The first kappa shape index (κ1) is 16.7. The molecule has 3 heterocycles. The predicted octanol–water partition coefficient (Wildman–Crippen LogP) is 4.08. The van der Waals surface area contributed by atoms with Gasteiger partial charge in [0, 0.05) is 36.1 Å². The number of Topliss-reactive ketones (excluding diaryl/α,β-unsaturated/α-hetero) is 1. The maximum atomic E-state index is 12.4. The molecule has 2 aliphatic rings. The third kappa shape index (κ3) is 3.00. The number of methoxy groups -OCH3 is 1. The molecule has 2 bridgehead atoms. The number of hydrogen-bond acceptors (Lipinski definition) is 4. The Bertz CT molecular complexity index is 775. The van der Waals surface area contributed by atoms with Crippen molar-refractivity contribution in [2.24, 2.45) is 0 Å². The van der Waals surface area contributed by atoms with E-state index in [0.717, 1.165) is 35.3 Å². The van der Waals surface area contributed by atoms with E-state index < -0.39 is 0 Å². The molecule has 0 N–H and O–H groups in total. The summed E-state index contributed by atoms with van der Waals surface area (Å²) in [7, 11) is 1.68. The number of carbonyl (C=O) groups is 1. The summed E-state index contributed by atoms with van der Waals surface area (Å²) in [6, 6.07) is 12.6. The molecule has 4 rings (SSSR count). The van der Waals surface area contributed by atoms with E-state index in [1.807, 2.05) is 24.4 Å². The predicted molar refractivity (Wildman–Crippen MR) is 99.4 cm³/mol. The normalized spacial score (nSPS) is 26.0.